The molecule has 1 fully saturated rings. The lowest BCUT2D eigenvalue weighted by Gasteiger charge is -2.34. The van der Waals surface area contributed by atoms with Crippen LogP contribution in [0.2, 0.25) is 0 Å². The van der Waals surface area contributed by atoms with Crippen molar-refractivity contribution in [2.24, 2.45) is 5.73 Å². The standard InChI is InChI=1S/C14H26N4O2S/c1-2-6-13-7-3-4-10-18(13)21(19,20)14-11-16-17(12-14)9-5-8-15/h11-13H,2-10,15H2,1H3. The molecule has 7 heteroatoms. The third-order valence-corrected chi connectivity index (χ3v) is 5.91. The lowest BCUT2D eigenvalue weighted by Crippen LogP contribution is -2.43. The lowest BCUT2D eigenvalue weighted by atomic mass is 10.0. The average Bonchev–Trinajstić information content (AvgIpc) is 2.95. The number of aryl methyl sites for hydroxylation is 1. The second kappa shape index (κ2) is 7.38. The molecule has 0 aromatic carbocycles. The van der Waals surface area contributed by atoms with Gasteiger partial charge in [0.1, 0.15) is 4.90 Å². The molecule has 1 aromatic heterocycles. The molecule has 2 rings (SSSR count). The minimum atomic E-state index is -3.42. The quantitative estimate of drug-likeness (QED) is 0.828. The van der Waals surface area contributed by atoms with E-state index in [0.717, 1.165) is 38.5 Å². The maximum absolute atomic E-state index is 12.8. The maximum Gasteiger partial charge on any atom is 0.246 e. The second-order valence-corrected chi connectivity index (χ2v) is 7.53. The van der Waals surface area contributed by atoms with Gasteiger partial charge in [0, 0.05) is 25.3 Å². The number of piperidine rings is 1. The third-order valence-electron chi connectivity index (χ3n) is 4.00. The molecule has 1 aliphatic rings. The highest BCUT2D eigenvalue weighted by molar-refractivity contribution is 7.89. The van der Waals surface area contributed by atoms with Gasteiger partial charge in [0.15, 0.2) is 0 Å². The fraction of sp³-hybridized carbons (Fsp3) is 0.786. The van der Waals surface area contributed by atoms with Crippen LogP contribution in [0.5, 0.6) is 0 Å². The zero-order valence-corrected chi connectivity index (χ0v) is 13.6. The van der Waals surface area contributed by atoms with Crippen molar-refractivity contribution in [1.82, 2.24) is 14.1 Å². The minimum absolute atomic E-state index is 0.140. The summed E-state index contributed by atoms with van der Waals surface area (Å²) >= 11 is 0. The minimum Gasteiger partial charge on any atom is -0.330 e. The van der Waals surface area contributed by atoms with Crippen LogP contribution in [-0.4, -0.2) is 41.6 Å². The maximum atomic E-state index is 12.8. The molecule has 2 heterocycles. The van der Waals surface area contributed by atoms with E-state index in [4.69, 9.17) is 5.73 Å². The highest BCUT2D eigenvalue weighted by atomic mass is 32.2. The van der Waals surface area contributed by atoms with Crippen molar-refractivity contribution in [3.8, 4) is 0 Å². The fourth-order valence-corrected chi connectivity index (χ4v) is 4.58. The number of hydrogen-bond acceptors (Lipinski definition) is 4. The van der Waals surface area contributed by atoms with E-state index in [1.165, 1.54) is 6.20 Å². The van der Waals surface area contributed by atoms with Gasteiger partial charge < -0.3 is 5.73 Å². The molecular formula is C14H26N4O2S. The topological polar surface area (TPSA) is 81.2 Å². The van der Waals surface area contributed by atoms with Gasteiger partial charge in [-0.05, 0) is 32.2 Å². The van der Waals surface area contributed by atoms with Crippen molar-refractivity contribution in [3.05, 3.63) is 12.4 Å². The summed E-state index contributed by atoms with van der Waals surface area (Å²) in [6.45, 7) is 3.96. The molecule has 0 radical (unpaired) electrons. The first-order chi connectivity index (χ1) is 10.1. The molecule has 2 N–H and O–H groups in total. The molecule has 0 bridgehead atoms. The molecule has 0 amide bonds. The number of rotatable bonds is 7. The summed E-state index contributed by atoms with van der Waals surface area (Å²) in [4.78, 5) is 0.308. The largest absolute Gasteiger partial charge is 0.330 e. The molecule has 1 aliphatic heterocycles. The molecule has 120 valence electrons. The predicted octanol–water partition coefficient (Wildman–Crippen LogP) is 1.58. The Morgan fingerprint density at radius 2 is 2.24 bits per heavy atom. The first-order valence-corrected chi connectivity index (χ1v) is 9.28. The van der Waals surface area contributed by atoms with E-state index in [-0.39, 0.29) is 6.04 Å². The van der Waals surface area contributed by atoms with Gasteiger partial charge in [-0.1, -0.05) is 19.8 Å². The van der Waals surface area contributed by atoms with Gasteiger partial charge >= 0.3 is 0 Å². The molecule has 1 atom stereocenters. The zero-order chi connectivity index (χ0) is 15.3. The van der Waals surface area contributed by atoms with Crippen LogP contribution in [0.3, 0.4) is 0 Å². The molecule has 0 spiro atoms. The first kappa shape index (κ1) is 16.5. The molecule has 6 nitrogen and oxygen atoms in total. The fourth-order valence-electron chi connectivity index (χ4n) is 2.90. The van der Waals surface area contributed by atoms with Crippen molar-refractivity contribution >= 4 is 10.0 Å². The van der Waals surface area contributed by atoms with Crippen LogP contribution in [0.25, 0.3) is 0 Å². The molecule has 1 saturated heterocycles. The van der Waals surface area contributed by atoms with Crippen molar-refractivity contribution < 1.29 is 8.42 Å². The Labute approximate surface area is 127 Å². The van der Waals surface area contributed by atoms with Crippen LogP contribution in [0.4, 0.5) is 0 Å². The van der Waals surface area contributed by atoms with E-state index < -0.39 is 10.0 Å². The summed E-state index contributed by atoms with van der Waals surface area (Å²) in [5.41, 5.74) is 5.47. The number of hydrogen-bond donors (Lipinski definition) is 1. The van der Waals surface area contributed by atoms with Gasteiger partial charge in [0.05, 0.1) is 6.20 Å². The van der Waals surface area contributed by atoms with E-state index in [1.54, 1.807) is 15.2 Å². The zero-order valence-electron chi connectivity index (χ0n) is 12.7. The van der Waals surface area contributed by atoms with Crippen LogP contribution < -0.4 is 5.73 Å². The van der Waals surface area contributed by atoms with Gasteiger partial charge in [0.25, 0.3) is 0 Å². The van der Waals surface area contributed by atoms with Crippen molar-refractivity contribution in [1.29, 1.82) is 0 Å². The highest BCUT2D eigenvalue weighted by Gasteiger charge is 2.33. The molecule has 0 saturated carbocycles. The summed E-state index contributed by atoms with van der Waals surface area (Å²) < 4.78 is 29.0. The van der Waals surface area contributed by atoms with Crippen LogP contribution in [0.1, 0.15) is 45.4 Å². The summed E-state index contributed by atoms with van der Waals surface area (Å²) in [7, 11) is -3.42. The number of aromatic nitrogens is 2. The summed E-state index contributed by atoms with van der Waals surface area (Å²) in [5, 5.41) is 4.14. The lowest BCUT2D eigenvalue weighted by molar-refractivity contribution is 0.239. The SMILES string of the molecule is CCCC1CCCCN1S(=O)(=O)c1cnn(CCCN)c1. The smallest absolute Gasteiger partial charge is 0.246 e. The van der Waals surface area contributed by atoms with Crippen molar-refractivity contribution in [3.63, 3.8) is 0 Å². The average molecular weight is 314 g/mol. The Hall–Kier alpha value is -0.920. The summed E-state index contributed by atoms with van der Waals surface area (Å²) in [5.74, 6) is 0. The van der Waals surface area contributed by atoms with Crippen LogP contribution in [-0.2, 0) is 16.6 Å². The van der Waals surface area contributed by atoms with Gasteiger partial charge in [-0.15, -0.1) is 0 Å². The van der Waals surface area contributed by atoms with Gasteiger partial charge in [-0.3, -0.25) is 4.68 Å². The summed E-state index contributed by atoms with van der Waals surface area (Å²) in [6, 6.07) is 0.140. The summed E-state index contributed by atoms with van der Waals surface area (Å²) in [6.07, 6.45) is 8.85. The van der Waals surface area contributed by atoms with Crippen molar-refractivity contribution in [2.75, 3.05) is 13.1 Å². The highest BCUT2D eigenvalue weighted by Crippen LogP contribution is 2.27. The van der Waals surface area contributed by atoms with Crippen LogP contribution in [0.15, 0.2) is 17.3 Å². The van der Waals surface area contributed by atoms with Crippen LogP contribution >= 0.6 is 0 Å². The van der Waals surface area contributed by atoms with E-state index in [9.17, 15) is 8.42 Å². The molecule has 21 heavy (non-hydrogen) atoms. The molecular weight excluding hydrogens is 288 g/mol. The second-order valence-electron chi connectivity index (χ2n) is 5.64. The Morgan fingerprint density at radius 3 is 2.95 bits per heavy atom. The Bertz CT molecular complexity index is 539. The van der Waals surface area contributed by atoms with Gasteiger partial charge in [-0.2, -0.15) is 9.40 Å². The Morgan fingerprint density at radius 1 is 1.43 bits per heavy atom. The number of nitrogens with zero attached hydrogens (tertiary/aromatic N) is 3. The Kier molecular flexibility index (Phi) is 5.78. The Balaban J connectivity index is 2.17. The van der Waals surface area contributed by atoms with E-state index >= 15 is 0 Å². The number of sulfonamides is 1. The molecule has 0 aliphatic carbocycles. The van der Waals surface area contributed by atoms with Gasteiger partial charge in [0.2, 0.25) is 10.0 Å². The first-order valence-electron chi connectivity index (χ1n) is 7.84. The van der Waals surface area contributed by atoms with E-state index in [1.807, 2.05) is 0 Å². The van der Waals surface area contributed by atoms with Gasteiger partial charge in [-0.25, -0.2) is 8.42 Å². The van der Waals surface area contributed by atoms with E-state index in [0.29, 0.717) is 24.5 Å². The molecule has 1 aromatic rings. The predicted molar refractivity (Wildman–Crippen MR) is 82.3 cm³/mol. The van der Waals surface area contributed by atoms with Crippen molar-refractivity contribution in [2.45, 2.75) is 62.9 Å². The third kappa shape index (κ3) is 3.84. The number of nitrogens with two attached hydrogens (primary N) is 1. The van der Waals surface area contributed by atoms with Crippen LogP contribution in [0, 0.1) is 0 Å². The normalized spacial score (nSPS) is 20.8. The molecule has 1 unspecified atom stereocenters. The monoisotopic (exact) mass is 314 g/mol. The van der Waals surface area contributed by atoms with E-state index in [2.05, 4.69) is 12.0 Å².